The number of benzene rings is 1. The molecular formula is C14H12F3NOS2. The summed E-state index contributed by atoms with van der Waals surface area (Å²) in [7, 11) is 1.64. The molecule has 0 radical (unpaired) electrons. The summed E-state index contributed by atoms with van der Waals surface area (Å²) in [5, 5.41) is 5.15. The van der Waals surface area contributed by atoms with Crippen LogP contribution >= 0.6 is 23.5 Å². The monoisotopic (exact) mass is 331 g/mol. The van der Waals surface area contributed by atoms with Crippen molar-refractivity contribution in [2.45, 2.75) is 6.18 Å². The average molecular weight is 331 g/mol. The highest BCUT2D eigenvalue weighted by molar-refractivity contribution is 8.10. The van der Waals surface area contributed by atoms with Crippen LogP contribution in [0.5, 0.6) is 0 Å². The number of ketones is 1. The lowest BCUT2D eigenvalue weighted by atomic mass is 10.0. The second-order valence-corrected chi connectivity index (χ2v) is 5.94. The van der Waals surface area contributed by atoms with Gasteiger partial charge in [0.05, 0.1) is 21.1 Å². The largest absolute Gasteiger partial charge is 0.416 e. The maximum absolute atomic E-state index is 12.8. The van der Waals surface area contributed by atoms with E-state index in [1.807, 2.05) is 6.26 Å². The molecule has 0 unspecified atom stereocenters. The van der Waals surface area contributed by atoms with E-state index in [4.69, 9.17) is 0 Å². The average Bonchev–Trinajstić information content (AvgIpc) is 2.75. The molecule has 112 valence electrons. The van der Waals surface area contributed by atoms with Gasteiger partial charge in [-0.05, 0) is 29.4 Å². The molecule has 1 aliphatic heterocycles. The number of rotatable bonds is 3. The van der Waals surface area contributed by atoms with Crippen LogP contribution in [0.15, 0.2) is 39.6 Å². The van der Waals surface area contributed by atoms with Gasteiger partial charge in [-0.25, -0.2) is 0 Å². The number of hydrogen-bond acceptors (Lipinski definition) is 4. The van der Waals surface area contributed by atoms with E-state index in [0.29, 0.717) is 9.93 Å². The number of halogens is 3. The Morgan fingerprint density at radius 3 is 2.62 bits per heavy atom. The van der Waals surface area contributed by atoms with E-state index in [1.54, 1.807) is 12.5 Å². The van der Waals surface area contributed by atoms with Gasteiger partial charge in [0.15, 0.2) is 0 Å². The predicted octanol–water partition coefficient (Wildman–Crippen LogP) is 4.11. The zero-order chi connectivity index (χ0) is 15.6. The fourth-order valence-corrected chi connectivity index (χ4v) is 3.54. The molecule has 1 aliphatic rings. The molecule has 1 N–H and O–H groups in total. The lowest BCUT2D eigenvalue weighted by Gasteiger charge is -2.09. The standard InChI is InChI=1S/C14H12F3NOS2/c1-18-13-11(12(19)10(21-13)7-20-2)8-4-3-5-9(6-8)14(15,16)17/h3-7,18H,1-2H3/b10-7+. The Balaban J connectivity index is 2.50. The SMILES string of the molecule is CNC1=C(c2cccc(C(F)(F)F)c2)C(=O)/C(=C\SC)S1. The third kappa shape index (κ3) is 3.29. The number of nitrogens with one attached hydrogen (secondary N) is 1. The van der Waals surface area contributed by atoms with Crippen LogP contribution in [0.1, 0.15) is 11.1 Å². The number of Topliss-reactive ketones (excluding diaryl/α,β-unsaturated/α-hetero) is 1. The second kappa shape index (κ2) is 6.19. The summed E-state index contributed by atoms with van der Waals surface area (Å²) in [5.41, 5.74) is -0.201. The highest BCUT2D eigenvalue weighted by atomic mass is 32.2. The quantitative estimate of drug-likeness (QED) is 0.844. The Morgan fingerprint density at radius 1 is 1.33 bits per heavy atom. The number of carbonyl (C=O) groups excluding carboxylic acids is 1. The van der Waals surface area contributed by atoms with Crippen LogP contribution < -0.4 is 5.32 Å². The number of allylic oxidation sites excluding steroid dienone is 2. The predicted molar refractivity (Wildman–Crippen MR) is 81.6 cm³/mol. The third-order valence-electron chi connectivity index (χ3n) is 2.82. The molecule has 2 rings (SSSR count). The van der Waals surface area contributed by atoms with E-state index in [1.165, 1.54) is 35.7 Å². The lowest BCUT2D eigenvalue weighted by Crippen LogP contribution is -2.08. The molecule has 1 aromatic rings. The zero-order valence-corrected chi connectivity index (χ0v) is 12.9. The van der Waals surface area contributed by atoms with Crippen molar-refractivity contribution in [1.29, 1.82) is 0 Å². The van der Waals surface area contributed by atoms with Crippen LogP contribution in [0.3, 0.4) is 0 Å². The van der Waals surface area contributed by atoms with E-state index in [0.717, 1.165) is 12.1 Å². The van der Waals surface area contributed by atoms with E-state index in [2.05, 4.69) is 5.32 Å². The van der Waals surface area contributed by atoms with Gasteiger partial charge >= 0.3 is 6.18 Å². The fraction of sp³-hybridized carbons (Fsp3) is 0.214. The molecule has 0 bridgehead atoms. The molecular weight excluding hydrogens is 319 g/mol. The Kier molecular flexibility index (Phi) is 4.73. The normalized spacial score (nSPS) is 17.8. The zero-order valence-electron chi connectivity index (χ0n) is 11.2. The molecule has 0 aliphatic carbocycles. The Bertz CT molecular complexity index is 635. The summed E-state index contributed by atoms with van der Waals surface area (Å²) in [6.07, 6.45) is -2.61. The minimum atomic E-state index is -4.43. The van der Waals surface area contributed by atoms with Crippen molar-refractivity contribution in [3.63, 3.8) is 0 Å². The number of carbonyl (C=O) groups is 1. The molecule has 0 amide bonds. The van der Waals surface area contributed by atoms with Crippen LogP contribution in [0.4, 0.5) is 13.2 Å². The van der Waals surface area contributed by atoms with E-state index in [-0.39, 0.29) is 16.9 Å². The van der Waals surface area contributed by atoms with E-state index < -0.39 is 11.7 Å². The van der Waals surface area contributed by atoms with Crippen molar-refractivity contribution in [3.05, 3.63) is 50.7 Å². The fourth-order valence-electron chi connectivity index (χ4n) is 1.91. The first kappa shape index (κ1) is 16.0. The molecule has 21 heavy (non-hydrogen) atoms. The van der Waals surface area contributed by atoms with Crippen LogP contribution in [0.2, 0.25) is 0 Å². The van der Waals surface area contributed by atoms with Gasteiger partial charge in [-0.15, -0.1) is 11.8 Å². The van der Waals surface area contributed by atoms with Crippen molar-refractivity contribution in [3.8, 4) is 0 Å². The molecule has 0 atom stereocenters. The Morgan fingerprint density at radius 2 is 2.05 bits per heavy atom. The summed E-state index contributed by atoms with van der Waals surface area (Å²) >= 11 is 2.62. The van der Waals surface area contributed by atoms with E-state index >= 15 is 0 Å². The molecule has 0 fully saturated rings. The number of thioether (sulfide) groups is 2. The first-order chi connectivity index (χ1) is 9.88. The smallest absolute Gasteiger partial charge is 0.382 e. The highest BCUT2D eigenvalue weighted by Gasteiger charge is 2.33. The highest BCUT2D eigenvalue weighted by Crippen LogP contribution is 2.42. The number of alkyl halides is 3. The summed E-state index contributed by atoms with van der Waals surface area (Å²) in [6.45, 7) is 0. The molecule has 0 spiro atoms. The molecule has 2 nitrogen and oxygen atoms in total. The summed E-state index contributed by atoms with van der Waals surface area (Å²) in [4.78, 5) is 12.9. The topological polar surface area (TPSA) is 29.1 Å². The van der Waals surface area contributed by atoms with Crippen LogP contribution in [0, 0.1) is 0 Å². The van der Waals surface area contributed by atoms with Crippen molar-refractivity contribution >= 4 is 34.9 Å². The van der Waals surface area contributed by atoms with Crippen LogP contribution in [-0.2, 0) is 11.0 Å². The first-order valence-corrected chi connectivity index (χ1v) is 8.04. The van der Waals surface area contributed by atoms with Crippen LogP contribution in [0.25, 0.3) is 5.57 Å². The van der Waals surface area contributed by atoms with Crippen molar-refractivity contribution in [2.24, 2.45) is 0 Å². The molecule has 0 saturated heterocycles. The second-order valence-electron chi connectivity index (χ2n) is 4.18. The summed E-state index contributed by atoms with van der Waals surface area (Å²) in [5.74, 6) is -0.252. The lowest BCUT2D eigenvalue weighted by molar-refractivity contribution is -0.137. The minimum absolute atomic E-state index is 0.252. The first-order valence-electron chi connectivity index (χ1n) is 5.93. The van der Waals surface area contributed by atoms with E-state index in [9.17, 15) is 18.0 Å². The van der Waals surface area contributed by atoms with Gasteiger partial charge in [0.1, 0.15) is 0 Å². The van der Waals surface area contributed by atoms with Gasteiger partial charge in [0.25, 0.3) is 0 Å². The van der Waals surface area contributed by atoms with Crippen LogP contribution in [-0.4, -0.2) is 19.1 Å². The third-order valence-corrected chi connectivity index (χ3v) is 4.58. The molecule has 0 saturated carbocycles. The molecule has 1 aromatic carbocycles. The van der Waals surface area contributed by atoms with Crippen molar-refractivity contribution < 1.29 is 18.0 Å². The molecule has 0 aromatic heterocycles. The van der Waals surface area contributed by atoms with Crippen molar-refractivity contribution in [2.75, 3.05) is 13.3 Å². The maximum Gasteiger partial charge on any atom is 0.416 e. The Hall–Kier alpha value is -1.34. The van der Waals surface area contributed by atoms with Gasteiger partial charge in [-0.2, -0.15) is 13.2 Å². The van der Waals surface area contributed by atoms with Gasteiger partial charge in [0.2, 0.25) is 5.78 Å². The van der Waals surface area contributed by atoms with Gasteiger partial charge < -0.3 is 5.32 Å². The maximum atomic E-state index is 12.8. The molecule has 1 heterocycles. The summed E-state index contributed by atoms with van der Waals surface area (Å²) in [6, 6.07) is 4.83. The Labute approximate surface area is 128 Å². The van der Waals surface area contributed by atoms with Crippen molar-refractivity contribution in [1.82, 2.24) is 5.32 Å². The van der Waals surface area contributed by atoms with Gasteiger partial charge in [-0.1, -0.05) is 23.9 Å². The molecule has 7 heteroatoms. The summed E-state index contributed by atoms with van der Waals surface area (Å²) < 4.78 is 38.4. The minimum Gasteiger partial charge on any atom is -0.382 e. The van der Waals surface area contributed by atoms with Gasteiger partial charge in [0, 0.05) is 7.05 Å². The number of hydrogen-bond donors (Lipinski definition) is 1. The van der Waals surface area contributed by atoms with Gasteiger partial charge in [-0.3, -0.25) is 4.79 Å².